The molecule has 2 nitrogen and oxygen atoms in total. The molecule has 1 aromatic carbocycles. The average Bonchev–Trinajstić information content (AvgIpc) is 2.70. The number of hydrogen-bond donors (Lipinski definition) is 1. The van der Waals surface area contributed by atoms with E-state index >= 15 is 0 Å². The molecule has 1 aliphatic heterocycles. The molecule has 1 fully saturated rings. The van der Waals surface area contributed by atoms with Crippen LogP contribution in [0, 0.1) is 5.82 Å². The molecule has 1 unspecified atom stereocenters. The summed E-state index contributed by atoms with van der Waals surface area (Å²) < 4.78 is 12.8. The lowest BCUT2D eigenvalue weighted by Gasteiger charge is -2.10. The Balaban J connectivity index is 2.35. The van der Waals surface area contributed by atoms with Gasteiger partial charge in [-0.3, -0.25) is 4.79 Å². The zero-order valence-corrected chi connectivity index (χ0v) is 7.79. The highest BCUT2D eigenvalue weighted by Gasteiger charge is 2.19. The molecule has 1 aliphatic rings. The molecular formula is C11H12FNO. The SMILES string of the molecule is O=Cc1cc(F)ccc1C1CCNC1. The van der Waals surface area contributed by atoms with Gasteiger partial charge in [-0.05, 0) is 36.6 Å². The minimum absolute atomic E-state index is 0.346. The van der Waals surface area contributed by atoms with Crippen molar-refractivity contribution in [2.24, 2.45) is 0 Å². The van der Waals surface area contributed by atoms with E-state index in [1.807, 2.05) is 0 Å². The predicted octanol–water partition coefficient (Wildman–Crippen LogP) is 1.72. The van der Waals surface area contributed by atoms with Gasteiger partial charge in [-0.25, -0.2) is 4.39 Å². The van der Waals surface area contributed by atoms with Gasteiger partial charge in [-0.2, -0.15) is 0 Å². The van der Waals surface area contributed by atoms with Gasteiger partial charge in [-0.15, -0.1) is 0 Å². The molecule has 1 heterocycles. The second kappa shape index (κ2) is 3.88. The van der Waals surface area contributed by atoms with Gasteiger partial charge in [0.2, 0.25) is 0 Å². The van der Waals surface area contributed by atoms with Gasteiger partial charge in [-0.1, -0.05) is 6.07 Å². The van der Waals surface area contributed by atoms with Crippen LogP contribution < -0.4 is 5.32 Å². The Morgan fingerprint density at radius 1 is 1.50 bits per heavy atom. The van der Waals surface area contributed by atoms with Gasteiger partial charge in [0.25, 0.3) is 0 Å². The van der Waals surface area contributed by atoms with E-state index in [0.717, 1.165) is 31.4 Å². The predicted molar refractivity (Wildman–Crippen MR) is 52.0 cm³/mol. The van der Waals surface area contributed by atoms with E-state index in [1.165, 1.54) is 12.1 Å². The molecule has 14 heavy (non-hydrogen) atoms. The maximum atomic E-state index is 12.8. The number of rotatable bonds is 2. The monoisotopic (exact) mass is 193 g/mol. The molecule has 0 radical (unpaired) electrons. The van der Waals surface area contributed by atoms with Crippen molar-refractivity contribution in [2.45, 2.75) is 12.3 Å². The quantitative estimate of drug-likeness (QED) is 0.724. The summed E-state index contributed by atoms with van der Waals surface area (Å²) in [5.41, 5.74) is 1.45. The molecule has 74 valence electrons. The molecule has 3 heteroatoms. The minimum atomic E-state index is -0.346. The fourth-order valence-electron chi connectivity index (χ4n) is 1.94. The standard InChI is InChI=1S/C11H12FNO/c12-10-1-2-11(9(5-10)7-14)8-3-4-13-6-8/h1-2,5,7-8,13H,3-4,6H2. The van der Waals surface area contributed by atoms with Crippen LogP contribution in [0.15, 0.2) is 18.2 Å². The molecule has 1 N–H and O–H groups in total. The normalized spacial score (nSPS) is 21.1. The number of nitrogens with one attached hydrogen (secondary N) is 1. The number of aldehydes is 1. The lowest BCUT2D eigenvalue weighted by Crippen LogP contribution is -2.09. The highest BCUT2D eigenvalue weighted by molar-refractivity contribution is 5.77. The summed E-state index contributed by atoms with van der Waals surface area (Å²) in [5, 5.41) is 3.23. The summed E-state index contributed by atoms with van der Waals surface area (Å²) >= 11 is 0. The van der Waals surface area contributed by atoms with Gasteiger partial charge in [0.15, 0.2) is 0 Å². The van der Waals surface area contributed by atoms with Gasteiger partial charge in [0.1, 0.15) is 12.1 Å². The van der Waals surface area contributed by atoms with Crippen molar-refractivity contribution < 1.29 is 9.18 Å². The fraction of sp³-hybridized carbons (Fsp3) is 0.364. The van der Waals surface area contributed by atoms with E-state index < -0.39 is 0 Å². The molecule has 0 spiro atoms. The third-order valence-corrected chi connectivity index (χ3v) is 2.68. The topological polar surface area (TPSA) is 29.1 Å². The Morgan fingerprint density at radius 3 is 3.00 bits per heavy atom. The first-order valence-electron chi connectivity index (χ1n) is 4.76. The largest absolute Gasteiger partial charge is 0.316 e. The lowest BCUT2D eigenvalue weighted by atomic mass is 9.94. The summed E-state index contributed by atoms with van der Waals surface area (Å²) in [4.78, 5) is 10.7. The molecule has 1 atom stereocenters. The molecule has 0 aromatic heterocycles. The van der Waals surface area contributed by atoms with E-state index in [9.17, 15) is 9.18 Å². The Bertz CT molecular complexity index is 345. The van der Waals surface area contributed by atoms with Crippen LogP contribution in [0.3, 0.4) is 0 Å². The molecule has 1 saturated heterocycles. The summed E-state index contributed by atoms with van der Waals surface area (Å²) in [7, 11) is 0. The number of hydrogen-bond acceptors (Lipinski definition) is 2. The summed E-state index contributed by atoms with van der Waals surface area (Å²) in [5.74, 6) is 0.0117. The highest BCUT2D eigenvalue weighted by Crippen LogP contribution is 2.25. The Kier molecular flexibility index (Phi) is 2.59. The van der Waals surface area contributed by atoms with Crippen molar-refractivity contribution in [1.82, 2.24) is 5.32 Å². The molecular weight excluding hydrogens is 181 g/mol. The van der Waals surface area contributed by atoms with Gasteiger partial charge in [0, 0.05) is 12.1 Å². The third-order valence-electron chi connectivity index (χ3n) is 2.68. The van der Waals surface area contributed by atoms with Crippen molar-refractivity contribution in [1.29, 1.82) is 0 Å². The average molecular weight is 193 g/mol. The number of benzene rings is 1. The van der Waals surface area contributed by atoms with Crippen LogP contribution >= 0.6 is 0 Å². The van der Waals surface area contributed by atoms with Gasteiger partial charge >= 0.3 is 0 Å². The number of halogens is 1. The van der Waals surface area contributed by atoms with Crippen molar-refractivity contribution in [3.63, 3.8) is 0 Å². The van der Waals surface area contributed by atoms with Gasteiger partial charge in [0.05, 0.1) is 0 Å². The third kappa shape index (κ3) is 1.68. The minimum Gasteiger partial charge on any atom is -0.316 e. The zero-order valence-electron chi connectivity index (χ0n) is 7.79. The van der Waals surface area contributed by atoms with Crippen molar-refractivity contribution in [3.8, 4) is 0 Å². The van der Waals surface area contributed by atoms with Gasteiger partial charge < -0.3 is 5.32 Å². The molecule has 2 rings (SSSR count). The summed E-state index contributed by atoms with van der Waals surface area (Å²) in [6.45, 7) is 1.85. The Morgan fingerprint density at radius 2 is 2.36 bits per heavy atom. The second-order valence-corrected chi connectivity index (χ2v) is 3.58. The van der Waals surface area contributed by atoms with E-state index in [1.54, 1.807) is 6.07 Å². The molecule has 1 aromatic rings. The maximum Gasteiger partial charge on any atom is 0.150 e. The van der Waals surface area contributed by atoms with E-state index in [0.29, 0.717) is 11.5 Å². The second-order valence-electron chi connectivity index (χ2n) is 3.58. The van der Waals surface area contributed by atoms with Crippen LogP contribution in [-0.4, -0.2) is 19.4 Å². The molecule has 0 saturated carbocycles. The smallest absolute Gasteiger partial charge is 0.150 e. The van der Waals surface area contributed by atoms with E-state index in [4.69, 9.17) is 0 Å². The van der Waals surface area contributed by atoms with Crippen LogP contribution in [0.1, 0.15) is 28.3 Å². The van der Waals surface area contributed by atoms with Crippen LogP contribution in [0.5, 0.6) is 0 Å². The van der Waals surface area contributed by atoms with Crippen LogP contribution in [0.4, 0.5) is 4.39 Å². The first-order valence-corrected chi connectivity index (χ1v) is 4.76. The summed E-state index contributed by atoms with van der Waals surface area (Å²) in [6, 6.07) is 4.44. The first kappa shape index (κ1) is 9.34. The van der Waals surface area contributed by atoms with Crippen LogP contribution in [0.25, 0.3) is 0 Å². The highest BCUT2D eigenvalue weighted by atomic mass is 19.1. The molecule has 0 amide bonds. The molecule has 0 aliphatic carbocycles. The van der Waals surface area contributed by atoms with E-state index in [2.05, 4.69) is 5.32 Å². The van der Waals surface area contributed by atoms with Crippen molar-refractivity contribution >= 4 is 6.29 Å². The molecule has 0 bridgehead atoms. The van der Waals surface area contributed by atoms with Crippen molar-refractivity contribution in [2.75, 3.05) is 13.1 Å². The lowest BCUT2D eigenvalue weighted by molar-refractivity contribution is 0.112. The Hall–Kier alpha value is -1.22. The number of carbonyl (C=O) groups excluding carboxylic acids is 1. The Labute approximate surface area is 82.1 Å². The first-order chi connectivity index (χ1) is 6.81. The van der Waals surface area contributed by atoms with Crippen LogP contribution in [0.2, 0.25) is 0 Å². The number of carbonyl (C=O) groups is 1. The van der Waals surface area contributed by atoms with Crippen molar-refractivity contribution in [3.05, 3.63) is 35.1 Å². The summed E-state index contributed by atoms with van der Waals surface area (Å²) in [6.07, 6.45) is 1.75. The fourth-order valence-corrected chi connectivity index (χ4v) is 1.94. The zero-order chi connectivity index (χ0) is 9.97. The maximum absolute atomic E-state index is 12.8. The van der Waals surface area contributed by atoms with E-state index in [-0.39, 0.29) is 5.82 Å². The van der Waals surface area contributed by atoms with Crippen LogP contribution in [-0.2, 0) is 0 Å².